The number of esters is 1. The molecule has 1 N–H and O–H groups in total. The molecule has 0 radical (unpaired) electrons. The van der Waals surface area contributed by atoms with E-state index in [4.69, 9.17) is 4.74 Å². The maximum Gasteiger partial charge on any atom is 0.316 e. The van der Waals surface area contributed by atoms with Gasteiger partial charge in [-0.3, -0.25) is 9.59 Å². The molecule has 1 aromatic rings. The van der Waals surface area contributed by atoms with Crippen LogP contribution in [-0.4, -0.2) is 30.8 Å². The summed E-state index contributed by atoms with van der Waals surface area (Å²) in [5, 5.41) is 2.73. The summed E-state index contributed by atoms with van der Waals surface area (Å²) >= 11 is 4.81. The summed E-state index contributed by atoms with van der Waals surface area (Å²) in [4.78, 5) is 24.2. The summed E-state index contributed by atoms with van der Waals surface area (Å²) in [6.07, 6.45) is 0.915. The van der Waals surface area contributed by atoms with Gasteiger partial charge in [0.05, 0.1) is 5.75 Å². The van der Waals surface area contributed by atoms with Crippen molar-refractivity contribution in [3.8, 4) is 0 Å². The molecular weight excluding hydrogens is 366 g/mol. The van der Waals surface area contributed by atoms with E-state index in [-0.39, 0.29) is 24.2 Å². The molecule has 0 bridgehead atoms. The number of ether oxygens (including phenoxy) is 1. The highest BCUT2D eigenvalue weighted by atomic mass is 79.9. The van der Waals surface area contributed by atoms with Crippen LogP contribution in [0.4, 0.5) is 0 Å². The fourth-order valence-corrected chi connectivity index (χ4v) is 2.93. The van der Waals surface area contributed by atoms with Gasteiger partial charge < -0.3 is 10.1 Å². The van der Waals surface area contributed by atoms with Gasteiger partial charge in [-0.2, -0.15) is 0 Å². The van der Waals surface area contributed by atoms with Crippen LogP contribution < -0.4 is 5.32 Å². The molecule has 0 aliphatic carbocycles. The number of aryl methyl sites for hydroxylation is 1. The number of benzene rings is 1. The molecule has 0 atom stereocenters. The van der Waals surface area contributed by atoms with Gasteiger partial charge in [-0.1, -0.05) is 29.8 Å². The number of thioether (sulfide) groups is 1. The Labute approximate surface area is 144 Å². The van der Waals surface area contributed by atoms with Crippen molar-refractivity contribution < 1.29 is 14.3 Å². The van der Waals surface area contributed by atoms with Gasteiger partial charge in [0.1, 0.15) is 0 Å². The Morgan fingerprint density at radius 2 is 2.09 bits per heavy atom. The van der Waals surface area contributed by atoms with E-state index in [0.717, 1.165) is 21.4 Å². The third-order valence-corrected chi connectivity index (χ3v) is 4.53. The molecule has 1 rings (SSSR count). The monoisotopic (exact) mass is 387 g/mol. The molecule has 0 fully saturated rings. The largest absolute Gasteiger partial charge is 0.455 e. The molecule has 1 aromatic carbocycles. The Hall–Kier alpha value is -1.01. The van der Waals surface area contributed by atoms with Crippen LogP contribution in [0.1, 0.15) is 25.8 Å². The highest BCUT2D eigenvalue weighted by Gasteiger charge is 2.09. The molecule has 0 saturated carbocycles. The van der Waals surface area contributed by atoms with Crippen LogP contribution in [0.2, 0.25) is 0 Å². The van der Waals surface area contributed by atoms with Crippen LogP contribution in [0.3, 0.4) is 0 Å². The first-order valence-electron chi connectivity index (χ1n) is 7.19. The van der Waals surface area contributed by atoms with Crippen molar-refractivity contribution in [1.82, 2.24) is 5.32 Å². The molecular formula is C16H22BrNO3S. The van der Waals surface area contributed by atoms with Crippen LogP contribution in [0.5, 0.6) is 0 Å². The van der Waals surface area contributed by atoms with E-state index in [1.807, 2.05) is 25.1 Å². The van der Waals surface area contributed by atoms with Crippen LogP contribution >= 0.6 is 27.7 Å². The molecule has 0 aliphatic rings. The van der Waals surface area contributed by atoms with E-state index in [1.165, 1.54) is 11.8 Å². The lowest BCUT2D eigenvalue weighted by atomic mass is 10.1. The quantitative estimate of drug-likeness (QED) is 0.547. The molecule has 0 heterocycles. The van der Waals surface area contributed by atoms with Crippen LogP contribution in [-0.2, 0) is 14.3 Å². The zero-order valence-corrected chi connectivity index (χ0v) is 15.6. The van der Waals surface area contributed by atoms with Gasteiger partial charge in [-0.25, -0.2) is 0 Å². The maximum atomic E-state index is 11.6. The molecule has 0 aliphatic heterocycles. The van der Waals surface area contributed by atoms with E-state index in [1.54, 1.807) is 0 Å². The van der Waals surface area contributed by atoms with Gasteiger partial charge in [0.2, 0.25) is 0 Å². The second-order valence-electron chi connectivity index (χ2n) is 5.39. The lowest BCUT2D eigenvalue weighted by molar-refractivity contribution is -0.145. The lowest BCUT2D eigenvalue weighted by Gasteiger charge is -2.08. The maximum absolute atomic E-state index is 11.6. The predicted octanol–water partition coefficient (Wildman–Crippen LogP) is 3.56. The molecule has 22 heavy (non-hydrogen) atoms. The smallest absolute Gasteiger partial charge is 0.316 e. The number of hydrogen-bond donors (Lipinski definition) is 1. The van der Waals surface area contributed by atoms with Gasteiger partial charge in [-0.05, 0) is 43.0 Å². The third kappa shape index (κ3) is 7.84. The highest BCUT2D eigenvalue weighted by Crippen LogP contribution is 2.25. The molecule has 122 valence electrons. The Balaban J connectivity index is 2.24. The van der Waals surface area contributed by atoms with E-state index in [9.17, 15) is 9.59 Å². The van der Waals surface area contributed by atoms with E-state index in [2.05, 4.69) is 35.1 Å². The van der Waals surface area contributed by atoms with Crippen LogP contribution in [0, 0.1) is 12.8 Å². The van der Waals surface area contributed by atoms with Crippen molar-refractivity contribution in [1.29, 1.82) is 0 Å². The molecule has 0 unspecified atom stereocenters. The number of hydrogen-bond acceptors (Lipinski definition) is 4. The Bertz CT molecular complexity index is 520. The predicted molar refractivity (Wildman–Crippen MR) is 93.0 cm³/mol. The molecule has 0 aromatic heterocycles. The number of carbonyl (C=O) groups is 2. The average molecular weight is 388 g/mol. The number of carbonyl (C=O) groups excluding carboxylic acids is 2. The van der Waals surface area contributed by atoms with E-state index >= 15 is 0 Å². The van der Waals surface area contributed by atoms with Crippen LogP contribution in [0.25, 0.3) is 0 Å². The topological polar surface area (TPSA) is 55.4 Å². The zero-order chi connectivity index (χ0) is 16.5. The first kappa shape index (κ1) is 19.0. The van der Waals surface area contributed by atoms with Gasteiger partial charge in [0.25, 0.3) is 5.91 Å². The molecule has 0 spiro atoms. The van der Waals surface area contributed by atoms with E-state index < -0.39 is 0 Å². The summed E-state index contributed by atoms with van der Waals surface area (Å²) in [6.45, 7) is 6.57. The minimum Gasteiger partial charge on any atom is -0.455 e. The van der Waals surface area contributed by atoms with E-state index in [0.29, 0.717) is 12.5 Å². The lowest BCUT2D eigenvalue weighted by Crippen LogP contribution is -2.30. The standard InChI is InChI=1S/C16H22BrNO3S/c1-11(2)6-7-18-15(19)9-21-16(20)10-22-14-5-4-13(17)8-12(14)3/h4-5,8,11H,6-7,9-10H2,1-3H3,(H,18,19). The van der Waals surface area contributed by atoms with Crippen molar-refractivity contribution in [2.45, 2.75) is 32.1 Å². The number of nitrogens with one attached hydrogen (secondary N) is 1. The number of halogens is 1. The Kier molecular flexibility index (Phi) is 8.56. The molecule has 4 nitrogen and oxygen atoms in total. The minimum absolute atomic E-state index is 0.196. The second-order valence-corrected chi connectivity index (χ2v) is 7.32. The van der Waals surface area contributed by atoms with Gasteiger partial charge in [0.15, 0.2) is 6.61 Å². The second kappa shape index (κ2) is 9.90. The van der Waals surface area contributed by atoms with Crippen molar-refractivity contribution in [2.75, 3.05) is 18.9 Å². The first-order chi connectivity index (χ1) is 10.4. The first-order valence-corrected chi connectivity index (χ1v) is 8.97. The Morgan fingerprint density at radius 1 is 1.36 bits per heavy atom. The van der Waals surface area contributed by atoms with Crippen molar-refractivity contribution in [3.05, 3.63) is 28.2 Å². The molecule has 6 heteroatoms. The molecule has 1 amide bonds. The average Bonchev–Trinajstić information content (AvgIpc) is 2.43. The summed E-state index contributed by atoms with van der Waals surface area (Å²) < 4.78 is 5.97. The fourth-order valence-electron chi connectivity index (χ4n) is 1.65. The summed E-state index contributed by atoms with van der Waals surface area (Å²) in [6, 6.07) is 5.88. The minimum atomic E-state index is -0.383. The van der Waals surface area contributed by atoms with Crippen molar-refractivity contribution in [3.63, 3.8) is 0 Å². The van der Waals surface area contributed by atoms with Crippen molar-refractivity contribution >= 4 is 39.6 Å². The van der Waals surface area contributed by atoms with Crippen molar-refractivity contribution in [2.24, 2.45) is 5.92 Å². The number of rotatable bonds is 8. The van der Waals surface area contributed by atoms with Gasteiger partial charge in [-0.15, -0.1) is 11.8 Å². The fraction of sp³-hybridized carbons (Fsp3) is 0.500. The highest BCUT2D eigenvalue weighted by molar-refractivity contribution is 9.10. The summed E-state index contributed by atoms with van der Waals surface area (Å²) in [5.41, 5.74) is 1.10. The number of amides is 1. The zero-order valence-electron chi connectivity index (χ0n) is 13.1. The van der Waals surface area contributed by atoms with Crippen LogP contribution in [0.15, 0.2) is 27.6 Å². The summed E-state index contributed by atoms with van der Waals surface area (Å²) in [7, 11) is 0. The SMILES string of the molecule is Cc1cc(Br)ccc1SCC(=O)OCC(=O)NCCC(C)C. The molecule has 0 saturated heterocycles. The van der Waals surface area contributed by atoms with Gasteiger partial charge in [0, 0.05) is 15.9 Å². The third-order valence-electron chi connectivity index (χ3n) is 2.89. The normalized spacial score (nSPS) is 10.6. The Morgan fingerprint density at radius 3 is 2.73 bits per heavy atom. The summed E-state index contributed by atoms with van der Waals surface area (Å²) in [5.74, 6) is 0.0976. The van der Waals surface area contributed by atoms with Gasteiger partial charge >= 0.3 is 5.97 Å².